The second-order valence-corrected chi connectivity index (χ2v) is 6.73. The molecule has 0 radical (unpaired) electrons. The number of hydrogen-bond acceptors (Lipinski definition) is 5. The summed E-state index contributed by atoms with van der Waals surface area (Å²) in [6, 6.07) is 23.7. The van der Waals surface area contributed by atoms with E-state index >= 15 is 0 Å². The van der Waals surface area contributed by atoms with Gasteiger partial charge in [0.1, 0.15) is 5.82 Å². The Bertz CT molecular complexity index is 1280. The molecule has 0 aliphatic heterocycles. The highest BCUT2D eigenvalue weighted by atomic mass is 15.1. The number of aromatic amines is 1. The first-order valence-electron chi connectivity index (χ1n) is 9.25. The molecule has 5 rings (SSSR count). The highest BCUT2D eigenvalue weighted by Crippen LogP contribution is 2.29. The van der Waals surface area contributed by atoms with E-state index < -0.39 is 0 Å². The van der Waals surface area contributed by atoms with Gasteiger partial charge in [0.2, 0.25) is 0 Å². The number of nitrogen functional groups attached to an aromatic ring is 1. The van der Waals surface area contributed by atoms with Crippen molar-refractivity contribution in [1.82, 2.24) is 20.2 Å². The smallest absolute Gasteiger partial charge is 0.162 e. The maximum Gasteiger partial charge on any atom is 0.162 e. The molecule has 0 spiro atoms. The Morgan fingerprint density at radius 3 is 2.45 bits per heavy atom. The zero-order valence-corrected chi connectivity index (χ0v) is 15.5. The SMILES string of the molecule is Nc1cccc(-c2nc(Nc3ccc(-c4cn[nH]c4)cc3)c3ccccc3n2)c1. The van der Waals surface area contributed by atoms with E-state index in [1.807, 2.05) is 66.9 Å². The van der Waals surface area contributed by atoms with Crippen molar-refractivity contribution >= 4 is 28.1 Å². The van der Waals surface area contributed by atoms with E-state index in [0.29, 0.717) is 11.5 Å². The largest absolute Gasteiger partial charge is 0.399 e. The lowest BCUT2D eigenvalue weighted by Gasteiger charge is -2.12. The van der Waals surface area contributed by atoms with Crippen LogP contribution < -0.4 is 11.1 Å². The second kappa shape index (κ2) is 7.09. The summed E-state index contributed by atoms with van der Waals surface area (Å²) in [7, 11) is 0. The van der Waals surface area contributed by atoms with E-state index in [1.54, 1.807) is 6.20 Å². The highest BCUT2D eigenvalue weighted by Gasteiger charge is 2.10. The summed E-state index contributed by atoms with van der Waals surface area (Å²) in [6.07, 6.45) is 3.68. The number of hydrogen-bond donors (Lipinski definition) is 3. The summed E-state index contributed by atoms with van der Waals surface area (Å²) in [5.41, 5.74) is 11.5. The highest BCUT2D eigenvalue weighted by molar-refractivity contribution is 5.92. The summed E-state index contributed by atoms with van der Waals surface area (Å²) in [6.45, 7) is 0. The van der Waals surface area contributed by atoms with Crippen LogP contribution in [0.4, 0.5) is 17.2 Å². The van der Waals surface area contributed by atoms with Gasteiger partial charge in [0.25, 0.3) is 0 Å². The number of nitrogens with two attached hydrogens (primary N) is 1. The van der Waals surface area contributed by atoms with Crippen molar-refractivity contribution in [3.63, 3.8) is 0 Å². The maximum absolute atomic E-state index is 5.95. The van der Waals surface area contributed by atoms with Gasteiger partial charge in [-0.15, -0.1) is 0 Å². The lowest BCUT2D eigenvalue weighted by molar-refractivity contribution is 1.09. The minimum atomic E-state index is 0.633. The fourth-order valence-electron chi connectivity index (χ4n) is 3.27. The Hall–Kier alpha value is -4.19. The molecule has 0 unspecified atom stereocenters. The fourth-order valence-corrected chi connectivity index (χ4v) is 3.27. The Kier molecular flexibility index (Phi) is 4.14. The van der Waals surface area contributed by atoms with Gasteiger partial charge < -0.3 is 11.1 Å². The van der Waals surface area contributed by atoms with E-state index in [1.165, 1.54) is 0 Å². The summed E-state index contributed by atoms with van der Waals surface area (Å²) in [4.78, 5) is 9.51. The molecule has 2 aromatic heterocycles. The second-order valence-electron chi connectivity index (χ2n) is 6.73. The van der Waals surface area contributed by atoms with Crippen LogP contribution in [0.3, 0.4) is 0 Å². The van der Waals surface area contributed by atoms with E-state index in [0.717, 1.165) is 39.1 Å². The summed E-state index contributed by atoms with van der Waals surface area (Å²) < 4.78 is 0. The number of nitrogens with zero attached hydrogens (tertiary/aromatic N) is 3. The predicted molar refractivity (Wildman–Crippen MR) is 117 cm³/mol. The molecule has 0 aliphatic carbocycles. The van der Waals surface area contributed by atoms with Crippen LogP contribution >= 0.6 is 0 Å². The standard InChI is InChI=1S/C23H18N6/c24-18-5-3-4-16(12-18)22-28-21-7-2-1-6-20(21)23(29-22)27-19-10-8-15(9-11-19)17-13-25-26-14-17/h1-14H,24H2,(H,25,26)(H,27,28,29). The van der Waals surface area contributed by atoms with Crippen LogP contribution in [0, 0.1) is 0 Å². The zero-order chi connectivity index (χ0) is 19.6. The quantitative estimate of drug-likeness (QED) is 0.382. The number of aromatic nitrogens is 4. The normalized spacial score (nSPS) is 10.9. The molecule has 140 valence electrons. The molecule has 4 N–H and O–H groups in total. The molecule has 0 amide bonds. The van der Waals surface area contributed by atoms with Gasteiger partial charge >= 0.3 is 0 Å². The Balaban J connectivity index is 1.55. The van der Waals surface area contributed by atoms with E-state index in [-0.39, 0.29) is 0 Å². The van der Waals surface area contributed by atoms with E-state index in [2.05, 4.69) is 27.6 Å². The van der Waals surface area contributed by atoms with Gasteiger partial charge in [-0.25, -0.2) is 9.97 Å². The van der Waals surface area contributed by atoms with Crippen LogP contribution in [0.15, 0.2) is 85.2 Å². The van der Waals surface area contributed by atoms with Crippen molar-refractivity contribution in [1.29, 1.82) is 0 Å². The summed E-state index contributed by atoms with van der Waals surface area (Å²) in [5.74, 6) is 1.39. The fraction of sp³-hybridized carbons (Fsp3) is 0. The van der Waals surface area contributed by atoms with Crippen LogP contribution in [0.5, 0.6) is 0 Å². The lowest BCUT2D eigenvalue weighted by Crippen LogP contribution is -1.99. The first-order valence-corrected chi connectivity index (χ1v) is 9.25. The monoisotopic (exact) mass is 378 g/mol. The minimum Gasteiger partial charge on any atom is -0.399 e. The molecule has 0 atom stereocenters. The molecule has 2 heterocycles. The van der Waals surface area contributed by atoms with E-state index in [9.17, 15) is 0 Å². The lowest BCUT2D eigenvalue weighted by atomic mass is 10.1. The molecule has 29 heavy (non-hydrogen) atoms. The van der Waals surface area contributed by atoms with Crippen LogP contribution in [0.2, 0.25) is 0 Å². The number of rotatable bonds is 4. The number of nitrogens with one attached hydrogen (secondary N) is 2. The van der Waals surface area contributed by atoms with Crippen molar-refractivity contribution in [2.75, 3.05) is 11.1 Å². The third kappa shape index (κ3) is 3.39. The third-order valence-corrected chi connectivity index (χ3v) is 4.73. The number of anilines is 3. The Morgan fingerprint density at radius 1 is 0.793 bits per heavy atom. The van der Waals surface area contributed by atoms with Gasteiger partial charge in [0.15, 0.2) is 5.82 Å². The summed E-state index contributed by atoms with van der Waals surface area (Å²) >= 11 is 0. The maximum atomic E-state index is 5.95. The first kappa shape index (κ1) is 16.9. The Labute approximate surface area is 167 Å². The average Bonchev–Trinajstić information content (AvgIpc) is 3.29. The molecule has 6 heteroatoms. The number of benzene rings is 3. The average molecular weight is 378 g/mol. The molecule has 0 saturated heterocycles. The predicted octanol–water partition coefficient (Wildman–Crippen LogP) is 5.01. The molecular formula is C23H18N6. The van der Waals surface area contributed by atoms with Gasteiger partial charge in [-0.2, -0.15) is 5.10 Å². The summed E-state index contributed by atoms with van der Waals surface area (Å²) in [5, 5.41) is 11.2. The van der Waals surface area contributed by atoms with Crippen molar-refractivity contribution in [2.24, 2.45) is 0 Å². The van der Waals surface area contributed by atoms with Crippen molar-refractivity contribution in [3.05, 3.63) is 85.2 Å². The van der Waals surface area contributed by atoms with Crippen LogP contribution in [0.1, 0.15) is 0 Å². The van der Waals surface area contributed by atoms with Gasteiger partial charge in [-0.3, -0.25) is 5.10 Å². The van der Waals surface area contributed by atoms with Gasteiger partial charge in [0, 0.05) is 34.1 Å². The van der Waals surface area contributed by atoms with Crippen molar-refractivity contribution in [2.45, 2.75) is 0 Å². The van der Waals surface area contributed by atoms with Gasteiger partial charge in [-0.05, 0) is 42.0 Å². The molecule has 6 nitrogen and oxygen atoms in total. The van der Waals surface area contributed by atoms with Gasteiger partial charge in [-0.1, -0.05) is 36.4 Å². The molecule has 0 saturated carbocycles. The van der Waals surface area contributed by atoms with Crippen LogP contribution in [-0.2, 0) is 0 Å². The molecule has 0 aliphatic rings. The topological polar surface area (TPSA) is 92.5 Å². The van der Waals surface area contributed by atoms with E-state index in [4.69, 9.17) is 15.7 Å². The number of H-pyrrole nitrogens is 1. The number of para-hydroxylation sites is 1. The minimum absolute atomic E-state index is 0.633. The third-order valence-electron chi connectivity index (χ3n) is 4.73. The van der Waals surface area contributed by atoms with Crippen molar-refractivity contribution < 1.29 is 0 Å². The Morgan fingerprint density at radius 2 is 1.66 bits per heavy atom. The molecule has 3 aromatic carbocycles. The molecular weight excluding hydrogens is 360 g/mol. The number of fused-ring (bicyclic) bond motifs is 1. The molecule has 0 fully saturated rings. The molecule has 0 bridgehead atoms. The van der Waals surface area contributed by atoms with Gasteiger partial charge in [0.05, 0.1) is 11.7 Å². The van der Waals surface area contributed by atoms with Crippen molar-refractivity contribution in [3.8, 4) is 22.5 Å². The van der Waals surface area contributed by atoms with Crippen LogP contribution in [-0.4, -0.2) is 20.2 Å². The molecule has 5 aromatic rings. The zero-order valence-electron chi connectivity index (χ0n) is 15.5. The van der Waals surface area contributed by atoms with Crippen LogP contribution in [0.25, 0.3) is 33.4 Å². The first-order chi connectivity index (χ1) is 14.3.